The summed E-state index contributed by atoms with van der Waals surface area (Å²) in [5.74, 6) is 1.03. The van der Waals surface area contributed by atoms with E-state index in [4.69, 9.17) is 9.47 Å². The Kier molecular flexibility index (Phi) is 7.54. The summed E-state index contributed by atoms with van der Waals surface area (Å²) in [5.41, 5.74) is 2.36. The van der Waals surface area contributed by atoms with Gasteiger partial charge in [0.2, 0.25) is 0 Å². The summed E-state index contributed by atoms with van der Waals surface area (Å²) in [6.45, 7) is 0.821. The number of para-hydroxylation sites is 1. The second kappa shape index (κ2) is 11.3. The third-order valence-electron chi connectivity index (χ3n) is 4.92. The number of nitrogens with one attached hydrogen (secondary N) is 2. The lowest BCUT2D eigenvalue weighted by Crippen LogP contribution is -2.13. The molecule has 4 aromatic carbocycles. The third kappa shape index (κ3) is 6.46. The van der Waals surface area contributed by atoms with Crippen molar-refractivity contribution in [2.24, 2.45) is 0 Å². The van der Waals surface area contributed by atoms with Crippen molar-refractivity contribution in [3.63, 3.8) is 0 Å². The Bertz CT molecular complexity index is 1210. The summed E-state index contributed by atoms with van der Waals surface area (Å²) in [6, 6.07) is 32.4. The maximum Gasteiger partial charge on any atom is 0.255 e. The molecule has 0 radical (unpaired) electrons. The lowest BCUT2D eigenvalue weighted by atomic mass is 10.2. The van der Waals surface area contributed by atoms with E-state index in [1.165, 1.54) is 0 Å². The molecule has 0 unspecified atom stereocenters. The van der Waals surface area contributed by atoms with Gasteiger partial charge in [0, 0.05) is 22.5 Å². The van der Waals surface area contributed by atoms with E-state index in [9.17, 15) is 9.59 Å². The first-order valence-corrected chi connectivity index (χ1v) is 10.9. The zero-order chi connectivity index (χ0) is 23.6. The number of hydrogen-bond donors (Lipinski definition) is 2. The molecule has 170 valence electrons. The zero-order valence-corrected chi connectivity index (χ0v) is 18.4. The fourth-order valence-corrected chi connectivity index (χ4v) is 3.17. The summed E-state index contributed by atoms with van der Waals surface area (Å²) in [5, 5.41) is 5.68. The molecule has 0 saturated heterocycles. The number of anilines is 2. The number of carbonyl (C=O) groups is 2. The Hall–Kier alpha value is -4.58. The monoisotopic (exact) mass is 452 g/mol. The summed E-state index contributed by atoms with van der Waals surface area (Å²) in [7, 11) is 0. The number of hydrogen-bond acceptors (Lipinski definition) is 4. The molecular formula is C28H24N2O4. The van der Waals surface area contributed by atoms with Gasteiger partial charge in [-0.05, 0) is 72.8 Å². The fourth-order valence-electron chi connectivity index (χ4n) is 3.17. The van der Waals surface area contributed by atoms with Crippen molar-refractivity contribution in [3.05, 3.63) is 120 Å². The largest absolute Gasteiger partial charge is 0.490 e. The molecular weight excluding hydrogens is 428 g/mol. The van der Waals surface area contributed by atoms with Crippen LogP contribution < -0.4 is 20.1 Å². The van der Waals surface area contributed by atoms with Crippen LogP contribution in [0.5, 0.6) is 11.5 Å². The van der Waals surface area contributed by atoms with Gasteiger partial charge in [0.15, 0.2) is 0 Å². The molecule has 6 heteroatoms. The molecule has 0 spiro atoms. The van der Waals surface area contributed by atoms with Gasteiger partial charge in [-0.3, -0.25) is 9.59 Å². The van der Waals surface area contributed by atoms with Crippen molar-refractivity contribution in [1.82, 2.24) is 0 Å². The normalized spacial score (nSPS) is 10.2. The highest BCUT2D eigenvalue weighted by molar-refractivity contribution is 6.05. The quantitative estimate of drug-likeness (QED) is 0.322. The summed E-state index contributed by atoms with van der Waals surface area (Å²) in [4.78, 5) is 24.8. The first-order valence-electron chi connectivity index (χ1n) is 10.9. The molecule has 0 aliphatic carbocycles. The van der Waals surface area contributed by atoms with E-state index < -0.39 is 0 Å². The van der Waals surface area contributed by atoms with Gasteiger partial charge in [-0.25, -0.2) is 0 Å². The van der Waals surface area contributed by atoms with Crippen LogP contribution in [0.3, 0.4) is 0 Å². The van der Waals surface area contributed by atoms with Gasteiger partial charge < -0.3 is 20.1 Å². The van der Waals surface area contributed by atoms with E-state index >= 15 is 0 Å². The number of rotatable bonds is 9. The van der Waals surface area contributed by atoms with E-state index in [1.54, 1.807) is 60.7 Å². The van der Waals surface area contributed by atoms with Crippen LogP contribution in [0.15, 0.2) is 109 Å². The molecule has 0 atom stereocenters. The summed E-state index contributed by atoms with van der Waals surface area (Å²) >= 11 is 0. The summed E-state index contributed by atoms with van der Waals surface area (Å²) in [6.07, 6.45) is 0. The fraction of sp³-hybridized carbons (Fsp3) is 0.0714. The molecule has 0 aliphatic heterocycles. The van der Waals surface area contributed by atoms with Crippen LogP contribution in [0.2, 0.25) is 0 Å². The molecule has 2 amide bonds. The number of ether oxygens (including phenoxy) is 2. The maximum absolute atomic E-state index is 12.5. The molecule has 0 saturated carbocycles. The first kappa shape index (κ1) is 22.6. The smallest absolute Gasteiger partial charge is 0.255 e. The number of carbonyl (C=O) groups excluding carboxylic acids is 2. The van der Waals surface area contributed by atoms with Crippen LogP contribution in [0.25, 0.3) is 0 Å². The van der Waals surface area contributed by atoms with E-state index in [1.807, 2.05) is 48.5 Å². The van der Waals surface area contributed by atoms with Gasteiger partial charge in [0.1, 0.15) is 24.7 Å². The van der Waals surface area contributed by atoms with Crippen LogP contribution in [0.4, 0.5) is 11.4 Å². The predicted molar refractivity (Wildman–Crippen MR) is 133 cm³/mol. The highest BCUT2D eigenvalue weighted by Gasteiger charge is 2.08. The Labute approximate surface area is 198 Å². The van der Waals surface area contributed by atoms with Crippen LogP contribution in [0.1, 0.15) is 20.7 Å². The molecule has 0 aromatic heterocycles. The topological polar surface area (TPSA) is 76.7 Å². The van der Waals surface area contributed by atoms with Gasteiger partial charge in [0.25, 0.3) is 11.8 Å². The minimum Gasteiger partial charge on any atom is -0.490 e. The van der Waals surface area contributed by atoms with Crippen LogP contribution in [-0.4, -0.2) is 25.0 Å². The molecule has 0 bridgehead atoms. The summed E-state index contributed by atoms with van der Waals surface area (Å²) < 4.78 is 11.3. The molecule has 4 rings (SSSR count). The van der Waals surface area contributed by atoms with Gasteiger partial charge in [-0.2, -0.15) is 0 Å². The lowest BCUT2D eigenvalue weighted by molar-refractivity contribution is 0.101. The minimum atomic E-state index is -0.236. The Morgan fingerprint density at radius 2 is 0.912 bits per heavy atom. The van der Waals surface area contributed by atoms with Gasteiger partial charge in [-0.1, -0.05) is 36.4 Å². The van der Waals surface area contributed by atoms with Crippen LogP contribution in [-0.2, 0) is 0 Å². The molecule has 4 aromatic rings. The molecule has 34 heavy (non-hydrogen) atoms. The molecule has 2 N–H and O–H groups in total. The average Bonchev–Trinajstić information content (AvgIpc) is 2.89. The van der Waals surface area contributed by atoms with E-state index in [2.05, 4.69) is 10.6 Å². The molecule has 6 nitrogen and oxygen atoms in total. The highest BCUT2D eigenvalue weighted by Crippen LogP contribution is 2.17. The van der Waals surface area contributed by atoms with Gasteiger partial charge >= 0.3 is 0 Å². The van der Waals surface area contributed by atoms with E-state index in [0.717, 1.165) is 5.75 Å². The first-order chi connectivity index (χ1) is 16.7. The van der Waals surface area contributed by atoms with E-state index in [-0.39, 0.29) is 11.8 Å². The van der Waals surface area contributed by atoms with E-state index in [0.29, 0.717) is 41.5 Å². The highest BCUT2D eigenvalue weighted by atomic mass is 16.5. The van der Waals surface area contributed by atoms with Crippen molar-refractivity contribution in [1.29, 1.82) is 0 Å². The Balaban J connectivity index is 1.24. The zero-order valence-electron chi connectivity index (χ0n) is 18.4. The second-order valence-electron chi connectivity index (χ2n) is 7.39. The number of benzene rings is 4. The SMILES string of the molecule is O=C(Nc1ccc(NC(=O)c2ccc(OCCOc3ccccc3)cc2)cc1)c1ccccc1. The van der Waals surface area contributed by atoms with Crippen LogP contribution in [0, 0.1) is 0 Å². The average molecular weight is 453 g/mol. The maximum atomic E-state index is 12.5. The van der Waals surface area contributed by atoms with Gasteiger partial charge in [0.05, 0.1) is 0 Å². The number of amides is 2. The lowest BCUT2D eigenvalue weighted by Gasteiger charge is -2.10. The Morgan fingerprint density at radius 1 is 0.500 bits per heavy atom. The standard InChI is InChI=1S/C28H24N2O4/c31-27(21-7-3-1-4-8-21)29-23-13-15-24(16-14-23)30-28(32)22-11-17-26(18-12-22)34-20-19-33-25-9-5-2-6-10-25/h1-18H,19-20H2,(H,29,31)(H,30,32). The third-order valence-corrected chi connectivity index (χ3v) is 4.92. The van der Waals surface area contributed by atoms with Crippen molar-refractivity contribution < 1.29 is 19.1 Å². The van der Waals surface area contributed by atoms with Gasteiger partial charge in [-0.15, -0.1) is 0 Å². The molecule has 0 aliphatic rings. The molecule has 0 heterocycles. The second-order valence-corrected chi connectivity index (χ2v) is 7.39. The minimum absolute atomic E-state index is 0.189. The van der Waals surface area contributed by atoms with Crippen molar-refractivity contribution >= 4 is 23.2 Å². The Morgan fingerprint density at radius 3 is 1.41 bits per heavy atom. The van der Waals surface area contributed by atoms with Crippen molar-refractivity contribution in [3.8, 4) is 11.5 Å². The van der Waals surface area contributed by atoms with Crippen molar-refractivity contribution in [2.75, 3.05) is 23.8 Å². The van der Waals surface area contributed by atoms with Crippen LogP contribution >= 0.6 is 0 Å². The molecule has 0 fully saturated rings. The predicted octanol–water partition coefficient (Wildman–Crippen LogP) is 5.65. The van der Waals surface area contributed by atoms with Crippen molar-refractivity contribution in [2.45, 2.75) is 0 Å².